The topological polar surface area (TPSA) is 38.5 Å². The first-order valence-corrected chi connectivity index (χ1v) is 9.78. The molecule has 1 aromatic heterocycles. The lowest BCUT2D eigenvalue weighted by atomic mass is 10.1. The van der Waals surface area contributed by atoms with Gasteiger partial charge < -0.3 is 9.15 Å². The van der Waals surface area contributed by atoms with Crippen molar-refractivity contribution in [2.75, 3.05) is 13.1 Å². The van der Waals surface area contributed by atoms with E-state index in [4.69, 9.17) is 9.15 Å². The highest BCUT2D eigenvalue weighted by molar-refractivity contribution is 5.54. The van der Waals surface area contributed by atoms with Gasteiger partial charge in [-0.05, 0) is 37.5 Å². The van der Waals surface area contributed by atoms with Crippen LogP contribution in [0, 0.1) is 12.7 Å². The number of piperidine rings is 1. The van der Waals surface area contributed by atoms with Crippen LogP contribution < -0.4 is 0 Å². The molecule has 146 valence electrons. The van der Waals surface area contributed by atoms with E-state index >= 15 is 0 Å². The molecule has 0 bridgehead atoms. The Kier molecular flexibility index (Phi) is 5.84. The lowest BCUT2D eigenvalue weighted by Crippen LogP contribution is -2.36. The number of rotatable bonds is 6. The summed E-state index contributed by atoms with van der Waals surface area (Å²) in [5.74, 6) is 0.791. The van der Waals surface area contributed by atoms with Crippen molar-refractivity contribution in [2.45, 2.75) is 39.0 Å². The Bertz CT molecular complexity index is 902. The fourth-order valence-corrected chi connectivity index (χ4v) is 3.56. The van der Waals surface area contributed by atoms with Crippen LogP contribution in [0.5, 0.6) is 0 Å². The maximum atomic E-state index is 14.0. The van der Waals surface area contributed by atoms with E-state index in [1.165, 1.54) is 11.6 Å². The molecule has 1 aliphatic rings. The molecule has 0 unspecified atom stereocenters. The van der Waals surface area contributed by atoms with Crippen LogP contribution in [0.15, 0.2) is 59.0 Å². The molecule has 0 saturated carbocycles. The first-order valence-electron chi connectivity index (χ1n) is 9.78. The summed E-state index contributed by atoms with van der Waals surface area (Å²) in [5, 5.41) is 0. The van der Waals surface area contributed by atoms with E-state index in [0.29, 0.717) is 24.2 Å². The number of hydrogen-bond donors (Lipinski definition) is 0. The van der Waals surface area contributed by atoms with E-state index in [-0.39, 0.29) is 5.82 Å². The second-order valence-electron chi connectivity index (χ2n) is 7.27. The number of aromatic nitrogens is 1. The molecule has 3 aromatic rings. The molecule has 1 fully saturated rings. The van der Waals surface area contributed by atoms with Gasteiger partial charge in [-0.25, -0.2) is 9.37 Å². The second-order valence-corrected chi connectivity index (χ2v) is 7.27. The molecule has 1 saturated heterocycles. The minimum atomic E-state index is -0.313. The van der Waals surface area contributed by atoms with Crippen molar-refractivity contribution >= 4 is 0 Å². The zero-order valence-electron chi connectivity index (χ0n) is 16.1. The molecule has 0 N–H and O–H groups in total. The fourth-order valence-electron chi connectivity index (χ4n) is 3.56. The molecule has 5 heteroatoms. The summed E-state index contributed by atoms with van der Waals surface area (Å²) in [6.45, 7) is 5.19. The van der Waals surface area contributed by atoms with Gasteiger partial charge >= 0.3 is 0 Å². The normalized spacial score (nSPS) is 15.8. The van der Waals surface area contributed by atoms with Gasteiger partial charge in [0.15, 0.2) is 0 Å². The van der Waals surface area contributed by atoms with Gasteiger partial charge in [-0.1, -0.05) is 42.5 Å². The second kappa shape index (κ2) is 8.67. The lowest BCUT2D eigenvalue weighted by Gasteiger charge is -2.31. The van der Waals surface area contributed by atoms with E-state index in [0.717, 1.165) is 43.9 Å². The summed E-state index contributed by atoms with van der Waals surface area (Å²) in [6, 6.07) is 16.9. The quantitative estimate of drug-likeness (QED) is 0.605. The van der Waals surface area contributed by atoms with Crippen LogP contribution >= 0.6 is 0 Å². The predicted molar refractivity (Wildman–Crippen MR) is 106 cm³/mol. The monoisotopic (exact) mass is 380 g/mol. The largest absolute Gasteiger partial charge is 0.441 e. The third-order valence-corrected chi connectivity index (χ3v) is 5.23. The Morgan fingerprint density at radius 1 is 1.07 bits per heavy atom. The van der Waals surface area contributed by atoms with Gasteiger partial charge in [0.05, 0.1) is 24.0 Å². The molecule has 4 rings (SSSR count). The van der Waals surface area contributed by atoms with Gasteiger partial charge in [-0.3, -0.25) is 4.90 Å². The van der Waals surface area contributed by atoms with Crippen molar-refractivity contribution < 1.29 is 13.5 Å². The summed E-state index contributed by atoms with van der Waals surface area (Å²) >= 11 is 0. The molecule has 2 aromatic carbocycles. The Morgan fingerprint density at radius 2 is 1.79 bits per heavy atom. The van der Waals surface area contributed by atoms with E-state index in [1.807, 2.05) is 25.1 Å². The first kappa shape index (κ1) is 18.8. The van der Waals surface area contributed by atoms with Crippen molar-refractivity contribution in [1.29, 1.82) is 0 Å². The summed E-state index contributed by atoms with van der Waals surface area (Å²) in [4.78, 5) is 6.91. The maximum absolute atomic E-state index is 14.0. The Labute approximate surface area is 165 Å². The molecule has 0 radical (unpaired) electrons. The molecule has 0 aliphatic carbocycles. The van der Waals surface area contributed by atoms with Gasteiger partial charge in [0.2, 0.25) is 5.89 Å². The van der Waals surface area contributed by atoms with Crippen LogP contribution in [0.4, 0.5) is 4.39 Å². The molecule has 4 nitrogen and oxygen atoms in total. The average molecular weight is 380 g/mol. The molecule has 0 spiro atoms. The zero-order chi connectivity index (χ0) is 19.3. The van der Waals surface area contributed by atoms with E-state index < -0.39 is 0 Å². The van der Waals surface area contributed by atoms with Crippen molar-refractivity contribution in [3.63, 3.8) is 0 Å². The third-order valence-electron chi connectivity index (χ3n) is 5.23. The van der Waals surface area contributed by atoms with E-state index in [2.05, 4.69) is 22.0 Å². The Balaban J connectivity index is 1.31. The summed E-state index contributed by atoms with van der Waals surface area (Å²) in [7, 11) is 0. The summed E-state index contributed by atoms with van der Waals surface area (Å²) < 4.78 is 25.8. The number of aryl methyl sites for hydroxylation is 1. The third kappa shape index (κ3) is 4.49. The van der Waals surface area contributed by atoms with Crippen molar-refractivity contribution in [3.8, 4) is 11.5 Å². The van der Waals surface area contributed by atoms with Crippen LogP contribution in [-0.2, 0) is 17.9 Å². The lowest BCUT2D eigenvalue weighted by molar-refractivity contribution is -0.00418. The minimum absolute atomic E-state index is 0.295. The Morgan fingerprint density at radius 3 is 2.54 bits per heavy atom. The number of oxazole rings is 1. The molecule has 2 heterocycles. The van der Waals surface area contributed by atoms with Crippen LogP contribution in [0.3, 0.4) is 0 Å². The standard InChI is InChI=1S/C23H25FN2O2/c1-17-22(25-23(28-17)20-9-5-6-10-21(20)24)15-26-13-11-19(12-14-26)27-16-18-7-3-2-4-8-18/h2-10,19H,11-16H2,1H3. The summed E-state index contributed by atoms with van der Waals surface area (Å²) in [6.07, 6.45) is 2.30. The van der Waals surface area contributed by atoms with Gasteiger partial charge in [-0.15, -0.1) is 0 Å². The van der Waals surface area contributed by atoms with Gasteiger partial charge in [0.1, 0.15) is 11.6 Å². The first-order chi connectivity index (χ1) is 13.7. The van der Waals surface area contributed by atoms with Crippen LogP contribution in [0.25, 0.3) is 11.5 Å². The highest BCUT2D eigenvalue weighted by atomic mass is 19.1. The number of ether oxygens (including phenoxy) is 1. The predicted octanol–water partition coefficient (Wildman–Crippen LogP) is 4.97. The van der Waals surface area contributed by atoms with Gasteiger partial charge in [0.25, 0.3) is 0 Å². The van der Waals surface area contributed by atoms with Crippen molar-refractivity contribution in [2.24, 2.45) is 0 Å². The summed E-state index contributed by atoms with van der Waals surface area (Å²) in [5.41, 5.74) is 2.50. The molecule has 0 atom stereocenters. The molecular formula is C23H25FN2O2. The zero-order valence-corrected chi connectivity index (χ0v) is 16.1. The maximum Gasteiger partial charge on any atom is 0.229 e. The van der Waals surface area contributed by atoms with E-state index in [1.54, 1.807) is 18.2 Å². The number of likely N-dealkylation sites (tertiary alicyclic amines) is 1. The van der Waals surface area contributed by atoms with Gasteiger partial charge in [0, 0.05) is 19.6 Å². The van der Waals surface area contributed by atoms with Crippen molar-refractivity contribution in [1.82, 2.24) is 9.88 Å². The molecule has 1 aliphatic heterocycles. The molecular weight excluding hydrogens is 355 g/mol. The fraction of sp³-hybridized carbons (Fsp3) is 0.348. The van der Waals surface area contributed by atoms with Crippen LogP contribution in [-0.4, -0.2) is 29.1 Å². The number of benzene rings is 2. The highest BCUT2D eigenvalue weighted by Crippen LogP contribution is 2.26. The minimum Gasteiger partial charge on any atom is -0.441 e. The SMILES string of the molecule is Cc1oc(-c2ccccc2F)nc1CN1CCC(OCc2ccccc2)CC1. The Hall–Kier alpha value is -2.50. The highest BCUT2D eigenvalue weighted by Gasteiger charge is 2.22. The van der Waals surface area contributed by atoms with E-state index in [9.17, 15) is 4.39 Å². The molecule has 0 amide bonds. The smallest absolute Gasteiger partial charge is 0.229 e. The van der Waals surface area contributed by atoms with Crippen molar-refractivity contribution in [3.05, 3.63) is 77.4 Å². The van der Waals surface area contributed by atoms with Crippen LogP contribution in [0.2, 0.25) is 0 Å². The van der Waals surface area contributed by atoms with Crippen LogP contribution in [0.1, 0.15) is 29.9 Å². The number of hydrogen-bond acceptors (Lipinski definition) is 4. The number of halogens is 1. The number of nitrogens with zero attached hydrogens (tertiary/aromatic N) is 2. The molecule has 28 heavy (non-hydrogen) atoms. The average Bonchev–Trinajstić information content (AvgIpc) is 3.08. The van der Waals surface area contributed by atoms with Gasteiger partial charge in [-0.2, -0.15) is 0 Å².